The molecule has 4 aromatic carbocycles. The lowest BCUT2D eigenvalue weighted by atomic mass is 9.96. The Hall–Kier alpha value is -4.16. The van der Waals surface area contributed by atoms with Crippen LogP contribution < -0.4 is 14.2 Å². The van der Waals surface area contributed by atoms with Crippen LogP contribution in [0, 0.1) is 0 Å². The van der Waals surface area contributed by atoms with Crippen LogP contribution in [0.15, 0.2) is 78.9 Å². The fraction of sp³-hybridized carbons (Fsp3) is 0.143. The average molecular weight is 459 g/mol. The summed E-state index contributed by atoms with van der Waals surface area (Å²) >= 11 is 0. The lowest BCUT2D eigenvalue weighted by molar-refractivity contribution is 0.282. The van der Waals surface area contributed by atoms with Gasteiger partial charge in [0.15, 0.2) is 23.0 Å². The summed E-state index contributed by atoms with van der Waals surface area (Å²) in [6.07, 6.45) is 0. The Morgan fingerprint density at radius 3 is 2.03 bits per heavy atom. The van der Waals surface area contributed by atoms with E-state index in [9.17, 15) is 15.3 Å². The fourth-order valence-corrected chi connectivity index (χ4v) is 3.81. The molecule has 0 atom stereocenters. The van der Waals surface area contributed by atoms with Gasteiger partial charge in [-0.15, -0.1) is 0 Å². The molecule has 4 rings (SSSR count). The van der Waals surface area contributed by atoms with Crippen molar-refractivity contribution >= 4 is 0 Å². The highest BCUT2D eigenvalue weighted by Gasteiger charge is 2.22. The molecule has 174 valence electrons. The van der Waals surface area contributed by atoms with E-state index in [0.717, 1.165) is 16.7 Å². The van der Waals surface area contributed by atoms with Gasteiger partial charge in [-0.3, -0.25) is 0 Å². The molecular weight excluding hydrogens is 432 g/mol. The fourth-order valence-electron chi connectivity index (χ4n) is 3.81. The molecule has 0 aliphatic heterocycles. The van der Waals surface area contributed by atoms with Gasteiger partial charge in [0.05, 0.1) is 26.4 Å². The molecular formula is C28H26O6. The molecule has 6 nitrogen and oxygen atoms in total. The Morgan fingerprint density at radius 1 is 0.706 bits per heavy atom. The third-order valence-corrected chi connectivity index (χ3v) is 5.57. The van der Waals surface area contributed by atoms with Crippen LogP contribution >= 0.6 is 0 Å². The molecule has 0 saturated heterocycles. The van der Waals surface area contributed by atoms with Gasteiger partial charge in [-0.05, 0) is 40.5 Å². The molecule has 0 saturated carbocycles. The van der Waals surface area contributed by atoms with E-state index in [0.29, 0.717) is 34.8 Å². The minimum absolute atomic E-state index is 0.0561. The largest absolute Gasteiger partial charge is 0.504 e. The molecule has 0 heterocycles. The second-order valence-electron chi connectivity index (χ2n) is 7.70. The van der Waals surface area contributed by atoms with Crippen molar-refractivity contribution in [3.8, 4) is 51.0 Å². The van der Waals surface area contributed by atoms with Gasteiger partial charge < -0.3 is 29.5 Å². The van der Waals surface area contributed by atoms with E-state index in [1.54, 1.807) is 30.3 Å². The summed E-state index contributed by atoms with van der Waals surface area (Å²) in [5.74, 6) is 0.852. The highest BCUT2D eigenvalue weighted by Crippen LogP contribution is 2.50. The molecule has 0 aliphatic carbocycles. The highest BCUT2D eigenvalue weighted by atomic mass is 16.5. The second-order valence-corrected chi connectivity index (χ2v) is 7.70. The van der Waals surface area contributed by atoms with Gasteiger partial charge >= 0.3 is 0 Å². The van der Waals surface area contributed by atoms with E-state index in [2.05, 4.69) is 0 Å². The molecule has 0 fully saturated rings. The zero-order valence-electron chi connectivity index (χ0n) is 19.0. The maximum Gasteiger partial charge on any atom is 0.170 e. The third kappa shape index (κ3) is 4.63. The van der Waals surface area contributed by atoms with E-state index < -0.39 is 0 Å². The number of methoxy groups -OCH3 is 2. The highest BCUT2D eigenvalue weighted by molar-refractivity contribution is 5.88. The van der Waals surface area contributed by atoms with Gasteiger partial charge in [0.2, 0.25) is 0 Å². The summed E-state index contributed by atoms with van der Waals surface area (Å²) in [7, 11) is 3.00. The van der Waals surface area contributed by atoms with Crippen LogP contribution in [0.5, 0.6) is 28.7 Å². The summed E-state index contributed by atoms with van der Waals surface area (Å²) in [6.45, 7) is 0.263. The summed E-state index contributed by atoms with van der Waals surface area (Å²) in [5.41, 5.74) is 4.12. The summed E-state index contributed by atoms with van der Waals surface area (Å²) in [6, 6.07) is 23.6. The van der Waals surface area contributed by atoms with Crippen LogP contribution in [0.3, 0.4) is 0 Å². The lowest BCUT2D eigenvalue weighted by Crippen LogP contribution is -1.97. The van der Waals surface area contributed by atoms with Gasteiger partial charge in [0.1, 0.15) is 12.4 Å². The Balaban J connectivity index is 1.71. The first-order valence-corrected chi connectivity index (χ1v) is 10.7. The number of hydrogen-bond acceptors (Lipinski definition) is 6. The van der Waals surface area contributed by atoms with Crippen LogP contribution in [0.25, 0.3) is 22.3 Å². The Kier molecular flexibility index (Phi) is 6.90. The van der Waals surface area contributed by atoms with E-state index in [1.165, 1.54) is 20.3 Å². The van der Waals surface area contributed by atoms with Gasteiger partial charge in [-0.1, -0.05) is 60.7 Å². The lowest BCUT2D eigenvalue weighted by Gasteiger charge is -2.18. The topological polar surface area (TPSA) is 88.4 Å². The first-order chi connectivity index (χ1) is 16.5. The summed E-state index contributed by atoms with van der Waals surface area (Å²) in [4.78, 5) is 0. The van der Waals surface area contributed by atoms with Crippen molar-refractivity contribution in [1.82, 2.24) is 0 Å². The molecule has 0 unspecified atom stereocenters. The SMILES string of the molecule is COc1cc(-c2ccc(CO)cc2)c(OC)c(O)c1-c1ccc(OCc2ccccc2)c(O)c1. The predicted octanol–water partition coefficient (Wildman–Crippen LogP) is 5.52. The van der Waals surface area contributed by atoms with Gasteiger partial charge in [-0.2, -0.15) is 0 Å². The number of phenols is 2. The monoisotopic (exact) mass is 458 g/mol. The molecule has 0 bridgehead atoms. The van der Waals surface area contributed by atoms with Gasteiger partial charge in [0.25, 0.3) is 0 Å². The van der Waals surface area contributed by atoms with Crippen LogP contribution in [-0.2, 0) is 13.2 Å². The van der Waals surface area contributed by atoms with Crippen LogP contribution in [0.4, 0.5) is 0 Å². The molecule has 0 spiro atoms. The number of phenolic OH excluding ortho intramolecular Hbond substituents is 2. The maximum absolute atomic E-state index is 11.2. The normalized spacial score (nSPS) is 10.7. The minimum atomic E-state index is -0.111. The van der Waals surface area contributed by atoms with Crippen molar-refractivity contribution in [2.45, 2.75) is 13.2 Å². The zero-order chi connectivity index (χ0) is 24.1. The molecule has 4 aromatic rings. The zero-order valence-corrected chi connectivity index (χ0v) is 19.0. The molecule has 0 amide bonds. The molecule has 6 heteroatoms. The summed E-state index contributed by atoms with van der Waals surface area (Å²) in [5, 5.41) is 31.1. The van der Waals surface area contributed by atoms with E-state index in [4.69, 9.17) is 14.2 Å². The number of aliphatic hydroxyl groups is 1. The van der Waals surface area contributed by atoms with Crippen molar-refractivity contribution in [2.24, 2.45) is 0 Å². The van der Waals surface area contributed by atoms with Gasteiger partial charge in [0, 0.05) is 5.56 Å². The van der Waals surface area contributed by atoms with Crippen LogP contribution in [0.2, 0.25) is 0 Å². The number of aliphatic hydroxyl groups excluding tert-OH is 1. The summed E-state index contributed by atoms with van der Waals surface area (Å²) < 4.78 is 16.9. The number of aromatic hydroxyl groups is 2. The average Bonchev–Trinajstić information content (AvgIpc) is 2.88. The number of ether oxygens (including phenoxy) is 3. The number of benzene rings is 4. The maximum atomic E-state index is 11.2. The number of hydrogen-bond donors (Lipinski definition) is 3. The Morgan fingerprint density at radius 2 is 1.41 bits per heavy atom. The van der Waals surface area contributed by atoms with Crippen molar-refractivity contribution in [2.75, 3.05) is 14.2 Å². The minimum Gasteiger partial charge on any atom is -0.504 e. The van der Waals surface area contributed by atoms with Crippen molar-refractivity contribution in [1.29, 1.82) is 0 Å². The first-order valence-electron chi connectivity index (χ1n) is 10.7. The van der Waals surface area contributed by atoms with Crippen molar-refractivity contribution in [3.05, 3.63) is 90.0 Å². The molecule has 0 aromatic heterocycles. The Labute approximate surface area is 198 Å². The number of rotatable bonds is 8. The molecule has 34 heavy (non-hydrogen) atoms. The predicted molar refractivity (Wildman–Crippen MR) is 130 cm³/mol. The van der Waals surface area contributed by atoms with E-state index in [-0.39, 0.29) is 23.9 Å². The van der Waals surface area contributed by atoms with Crippen LogP contribution in [0.1, 0.15) is 11.1 Å². The standard InChI is InChI=1S/C28H26O6/c1-32-25-15-22(20-10-8-18(16-29)9-11-20)28(33-2)27(31)26(25)21-12-13-24(23(30)14-21)34-17-19-6-4-3-5-7-19/h3-15,29-31H,16-17H2,1-2H3. The van der Waals surface area contributed by atoms with Crippen molar-refractivity contribution < 1.29 is 29.5 Å². The van der Waals surface area contributed by atoms with Crippen LogP contribution in [-0.4, -0.2) is 29.5 Å². The second kappa shape index (κ2) is 10.2. The van der Waals surface area contributed by atoms with E-state index >= 15 is 0 Å². The van der Waals surface area contributed by atoms with Gasteiger partial charge in [-0.25, -0.2) is 0 Å². The van der Waals surface area contributed by atoms with E-state index in [1.807, 2.05) is 42.5 Å². The smallest absolute Gasteiger partial charge is 0.170 e. The quantitative estimate of drug-likeness (QED) is 0.322. The third-order valence-electron chi connectivity index (χ3n) is 5.57. The molecule has 3 N–H and O–H groups in total. The molecule has 0 radical (unpaired) electrons. The first kappa shape index (κ1) is 23.0. The Bertz CT molecular complexity index is 1270. The van der Waals surface area contributed by atoms with Crippen molar-refractivity contribution in [3.63, 3.8) is 0 Å². The molecule has 0 aliphatic rings.